The van der Waals surface area contributed by atoms with Crippen LogP contribution in [0.2, 0.25) is 0 Å². The highest BCUT2D eigenvalue weighted by Gasteiger charge is 2.20. The smallest absolute Gasteiger partial charge is 0.0828 e. The van der Waals surface area contributed by atoms with Crippen molar-refractivity contribution in [2.24, 2.45) is 5.41 Å². The summed E-state index contributed by atoms with van der Waals surface area (Å²) in [4.78, 5) is 0. The Morgan fingerprint density at radius 2 is 2.00 bits per heavy atom. The van der Waals surface area contributed by atoms with Gasteiger partial charge in [-0.25, -0.2) is 0 Å². The molecule has 19 heavy (non-hydrogen) atoms. The maximum Gasteiger partial charge on any atom is 0.0828 e. The average Bonchev–Trinajstić information content (AvgIpc) is 2.60. The van der Waals surface area contributed by atoms with Crippen LogP contribution in [0.5, 0.6) is 0 Å². The summed E-state index contributed by atoms with van der Waals surface area (Å²) in [5.41, 5.74) is 3.48. The van der Waals surface area contributed by atoms with Gasteiger partial charge in [0.2, 0.25) is 0 Å². The van der Waals surface area contributed by atoms with Crippen LogP contribution >= 0.6 is 0 Å². The third-order valence-electron chi connectivity index (χ3n) is 3.47. The molecule has 1 aromatic heterocycles. The van der Waals surface area contributed by atoms with Gasteiger partial charge in [0, 0.05) is 19.0 Å². The molecule has 0 radical (unpaired) electrons. The Morgan fingerprint density at radius 3 is 2.47 bits per heavy atom. The first-order valence-electron chi connectivity index (χ1n) is 6.95. The predicted octanol–water partition coefficient (Wildman–Crippen LogP) is 3.82. The number of rotatable bonds is 6. The Labute approximate surface area is 116 Å². The SMILES string of the molecule is Cc1nn(C(C)C)c(C)c1NCC(C)(C)CCC#N. The van der Waals surface area contributed by atoms with Crippen molar-refractivity contribution in [1.29, 1.82) is 5.26 Å². The van der Waals surface area contributed by atoms with Crippen molar-refractivity contribution in [2.45, 2.75) is 60.4 Å². The van der Waals surface area contributed by atoms with Gasteiger partial charge in [0.05, 0.1) is 23.1 Å². The van der Waals surface area contributed by atoms with Crippen molar-refractivity contribution in [1.82, 2.24) is 9.78 Å². The number of nitriles is 1. The summed E-state index contributed by atoms with van der Waals surface area (Å²) in [5.74, 6) is 0. The van der Waals surface area contributed by atoms with Gasteiger partial charge >= 0.3 is 0 Å². The van der Waals surface area contributed by atoms with Gasteiger partial charge in [0.15, 0.2) is 0 Å². The molecule has 0 unspecified atom stereocenters. The lowest BCUT2D eigenvalue weighted by molar-refractivity contribution is 0.363. The second-order valence-electron chi connectivity index (χ2n) is 6.26. The van der Waals surface area contributed by atoms with E-state index >= 15 is 0 Å². The van der Waals surface area contributed by atoms with Crippen LogP contribution in [-0.4, -0.2) is 16.3 Å². The van der Waals surface area contributed by atoms with E-state index in [1.807, 2.05) is 6.92 Å². The van der Waals surface area contributed by atoms with Crippen LogP contribution in [0.4, 0.5) is 5.69 Å². The lowest BCUT2D eigenvalue weighted by Crippen LogP contribution is -2.23. The second kappa shape index (κ2) is 6.10. The third-order valence-corrected chi connectivity index (χ3v) is 3.47. The Balaban J connectivity index is 2.76. The lowest BCUT2D eigenvalue weighted by Gasteiger charge is -2.24. The molecule has 0 aliphatic carbocycles. The zero-order valence-electron chi connectivity index (χ0n) is 13.0. The minimum Gasteiger partial charge on any atom is -0.382 e. The Kier molecular flexibility index (Phi) is 4.99. The van der Waals surface area contributed by atoms with Gasteiger partial charge in [-0.1, -0.05) is 13.8 Å². The van der Waals surface area contributed by atoms with Crippen LogP contribution in [0.25, 0.3) is 0 Å². The number of aryl methyl sites for hydroxylation is 1. The molecule has 0 saturated carbocycles. The lowest BCUT2D eigenvalue weighted by atomic mass is 9.88. The summed E-state index contributed by atoms with van der Waals surface area (Å²) in [6, 6.07) is 2.60. The van der Waals surface area contributed by atoms with Gasteiger partial charge in [-0.15, -0.1) is 0 Å². The van der Waals surface area contributed by atoms with Gasteiger partial charge in [0.25, 0.3) is 0 Å². The van der Waals surface area contributed by atoms with E-state index in [2.05, 4.69) is 55.8 Å². The van der Waals surface area contributed by atoms with Crippen LogP contribution in [-0.2, 0) is 0 Å². The van der Waals surface area contributed by atoms with Gasteiger partial charge in [-0.05, 0) is 39.5 Å². The van der Waals surface area contributed by atoms with Crippen LogP contribution in [0.1, 0.15) is 58.0 Å². The number of aromatic nitrogens is 2. The van der Waals surface area contributed by atoms with Gasteiger partial charge in [-0.2, -0.15) is 10.4 Å². The molecule has 0 fully saturated rings. The molecule has 4 nitrogen and oxygen atoms in total. The summed E-state index contributed by atoms with van der Waals surface area (Å²) in [6.45, 7) is 13.7. The summed E-state index contributed by atoms with van der Waals surface area (Å²) in [5, 5.41) is 16.8. The fourth-order valence-corrected chi connectivity index (χ4v) is 2.23. The maximum absolute atomic E-state index is 8.68. The predicted molar refractivity (Wildman–Crippen MR) is 79.2 cm³/mol. The van der Waals surface area contributed by atoms with E-state index in [1.54, 1.807) is 0 Å². The van der Waals surface area contributed by atoms with E-state index < -0.39 is 0 Å². The molecule has 0 atom stereocenters. The standard InChI is InChI=1S/C15H26N4/c1-11(2)19-13(4)14(12(3)18-19)17-10-15(5,6)8-7-9-16/h11,17H,7-8,10H2,1-6H3. The Hall–Kier alpha value is -1.50. The quantitative estimate of drug-likeness (QED) is 0.847. The van der Waals surface area contributed by atoms with Crippen LogP contribution in [0, 0.1) is 30.6 Å². The zero-order chi connectivity index (χ0) is 14.6. The van der Waals surface area contributed by atoms with Crippen molar-refractivity contribution < 1.29 is 0 Å². The summed E-state index contributed by atoms with van der Waals surface area (Å²) in [7, 11) is 0. The molecule has 0 bridgehead atoms. The van der Waals surface area contributed by atoms with Crippen molar-refractivity contribution in [2.75, 3.05) is 11.9 Å². The topological polar surface area (TPSA) is 53.6 Å². The fraction of sp³-hybridized carbons (Fsp3) is 0.733. The number of hydrogen-bond acceptors (Lipinski definition) is 3. The van der Waals surface area contributed by atoms with Gasteiger partial charge in [0.1, 0.15) is 0 Å². The summed E-state index contributed by atoms with van der Waals surface area (Å²) >= 11 is 0. The molecule has 0 spiro atoms. The second-order valence-corrected chi connectivity index (χ2v) is 6.26. The Morgan fingerprint density at radius 1 is 1.37 bits per heavy atom. The van der Waals surface area contributed by atoms with E-state index in [9.17, 15) is 0 Å². The monoisotopic (exact) mass is 262 g/mol. The molecule has 0 aromatic carbocycles. The minimum atomic E-state index is 0.120. The molecular formula is C15H26N4. The molecule has 1 rings (SSSR count). The highest BCUT2D eigenvalue weighted by Crippen LogP contribution is 2.26. The van der Waals surface area contributed by atoms with Crippen LogP contribution < -0.4 is 5.32 Å². The molecule has 0 saturated heterocycles. The van der Waals surface area contributed by atoms with Crippen LogP contribution in [0.3, 0.4) is 0 Å². The zero-order valence-corrected chi connectivity index (χ0v) is 13.0. The molecule has 4 heteroatoms. The molecule has 0 aliphatic heterocycles. The number of hydrogen-bond donors (Lipinski definition) is 1. The van der Waals surface area contributed by atoms with E-state index in [0.717, 1.165) is 24.3 Å². The van der Waals surface area contributed by atoms with Crippen molar-refractivity contribution in [3.63, 3.8) is 0 Å². The normalized spacial score (nSPS) is 11.7. The average molecular weight is 262 g/mol. The van der Waals surface area contributed by atoms with E-state index in [1.165, 1.54) is 5.69 Å². The maximum atomic E-state index is 8.68. The molecular weight excluding hydrogens is 236 g/mol. The highest BCUT2D eigenvalue weighted by molar-refractivity contribution is 5.52. The molecule has 1 heterocycles. The fourth-order valence-electron chi connectivity index (χ4n) is 2.23. The van der Waals surface area contributed by atoms with Gasteiger partial charge in [-0.3, -0.25) is 4.68 Å². The number of nitrogens with zero attached hydrogens (tertiary/aromatic N) is 3. The molecule has 1 aromatic rings. The van der Waals surface area contributed by atoms with Crippen LogP contribution in [0.15, 0.2) is 0 Å². The largest absolute Gasteiger partial charge is 0.382 e. The van der Waals surface area contributed by atoms with Crippen molar-refractivity contribution >= 4 is 5.69 Å². The molecule has 1 N–H and O–H groups in total. The number of nitrogens with one attached hydrogen (secondary N) is 1. The first-order chi connectivity index (χ1) is 8.78. The Bertz CT molecular complexity index is 463. The van der Waals surface area contributed by atoms with Crippen molar-refractivity contribution in [3.8, 4) is 6.07 Å². The first-order valence-corrected chi connectivity index (χ1v) is 6.95. The summed E-state index contributed by atoms with van der Waals surface area (Å²) < 4.78 is 2.06. The van der Waals surface area contributed by atoms with E-state index in [4.69, 9.17) is 5.26 Å². The third kappa shape index (κ3) is 3.99. The first kappa shape index (κ1) is 15.6. The molecule has 106 valence electrons. The van der Waals surface area contributed by atoms with E-state index in [0.29, 0.717) is 12.5 Å². The molecule has 0 aliphatic rings. The van der Waals surface area contributed by atoms with Gasteiger partial charge < -0.3 is 5.32 Å². The minimum absolute atomic E-state index is 0.120. The number of anilines is 1. The summed E-state index contributed by atoms with van der Waals surface area (Å²) in [6.07, 6.45) is 1.52. The van der Waals surface area contributed by atoms with E-state index in [-0.39, 0.29) is 5.41 Å². The highest BCUT2D eigenvalue weighted by atomic mass is 15.3. The molecule has 0 amide bonds. The van der Waals surface area contributed by atoms with Crippen molar-refractivity contribution in [3.05, 3.63) is 11.4 Å².